The lowest BCUT2D eigenvalue weighted by molar-refractivity contribution is -0.667. The monoisotopic (exact) mass is 1360 g/mol. The summed E-state index contributed by atoms with van der Waals surface area (Å²) in [5.41, 5.74) is 45.3. The van der Waals surface area contributed by atoms with Crippen LogP contribution in [0.1, 0.15) is 138 Å². The highest BCUT2D eigenvalue weighted by atomic mass is 15.0. The first-order valence-electron chi connectivity index (χ1n) is 37.5. The first kappa shape index (κ1) is 74.9. The standard InChI is InChI=1S/C17H22N.4C16H20N.C15H18N/c1-11-7-13(3)17(14(4)8-11)16-10-12(2)9-15(5)18(16)6;2*1-11-6-7-13(3)15(9-11)16-10-12(2)8-14(4)17(16)5;1-11-9-14(4)17(5)15(10-11)16-12(2)7-6-8-13(16)3;1-11-8-6-7-9-15(11)16-14(4)12(2)10-13(3)17(16)5;1-11-9-13(3)16(4)15(10-11)14-8-6-5-7-12(14)2/h7-10H,1-6H3;4*6-10H,1-5H3;5-10H,1-4H3/q6*+1/i1D3;;;;;. The van der Waals surface area contributed by atoms with Crippen LogP contribution < -0.4 is 27.4 Å². The van der Waals surface area contributed by atoms with Crippen LogP contribution in [0.5, 0.6) is 0 Å². The van der Waals surface area contributed by atoms with E-state index in [-0.39, 0.29) is 0 Å². The Balaban J connectivity index is 0.000000176. The number of benzene rings is 6. The number of pyridine rings is 6. The predicted molar refractivity (Wildman–Crippen MR) is 432 cm³/mol. The summed E-state index contributed by atoms with van der Waals surface area (Å²) in [6.45, 7) is 47.2. The Labute approximate surface area is 620 Å². The van der Waals surface area contributed by atoms with Gasteiger partial charge in [-0.1, -0.05) is 108 Å². The summed E-state index contributed by atoms with van der Waals surface area (Å²) in [4.78, 5) is 0. The van der Waals surface area contributed by atoms with Crippen molar-refractivity contribution in [3.63, 3.8) is 0 Å². The molecule has 0 saturated carbocycles. The number of aryl methyl sites for hydroxylation is 23. The number of nitrogens with zero attached hydrogens (tertiary/aromatic N) is 6. The molecule has 0 amide bonds. The SMILES string of the molecule is Cc1cc(C)[n+](C)c(-c2c(C)cccc2C)c1.Cc1cc(C)[n+](C)c(-c2ccccc2C)c1.Cc1ccc(C)c(-c2cc(C)cc(C)[n+]2C)c1.Cc1ccc(C)c(-c2cc(C)cc(C)[n+]2C)c1.Cc1ccccc1-c1c(C)c(C)cc(C)[n+]1C.[2H]C([2H])([2H])c1cc(C)c(-c2cc(C)cc(C)[n+]2C)c(C)c1. The van der Waals surface area contributed by atoms with Crippen molar-refractivity contribution in [2.45, 2.75) is 166 Å². The maximum Gasteiger partial charge on any atom is 0.215 e. The molecular formula is C96H120N6+6. The Hall–Kier alpha value is -9.78. The Kier molecular flexibility index (Phi) is 25.5. The molecule has 6 heteroatoms. The number of rotatable bonds is 6. The lowest BCUT2D eigenvalue weighted by Crippen LogP contribution is -2.36. The Morgan fingerprint density at radius 1 is 0.206 bits per heavy atom. The Morgan fingerprint density at radius 3 is 0.863 bits per heavy atom. The largest absolute Gasteiger partial charge is 0.215 e. The number of aromatic nitrogens is 6. The summed E-state index contributed by atoms with van der Waals surface area (Å²) in [6.07, 6.45) is 0. The highest BCUT2D eigenvalue weighted by molar-refractivity contribution is 5.69. The molecule has 0 aliphatic carbocycles. The topological polar surface area (TPSA) is 23.3 Å². The van der Waals surface area contributed by atoms with Gasteiger partial charge >= 0.3 is 0 Å². The zero-order valence-electron chi connectivity index (χ0n) is 70.5. The van der Waals surface area contributed by atoms with Crippen LogP contribution in [-0.2, 0) is 42.3 Å². The van der Waals surface area contributed by atoms with Gasteiger partial charge in [0.15, 0.2) is 34.2 Å². The van der Waals surface area contributed by atoms with Gasteiger partial charge in [0.1, 0.15) is 42.3 Å². The van der Waals surface area contributed by atoms with Crippen molar-refractivity contribution < 1.29 is 31.5 Å². The number of hydrogen-bond acceptors (Lipinski definition) is 0. The van der Waals surface area contributed by atoms with E-state index in [9.17, 15) is 0 Å². The lowest BCUT2D eigenvalue weighted by Gasteiger charge is -2.11. The van der Waals surface area contributed by atoms with Gasteiger partial charge in [-0.15, -0.1) is 0 Å². The molecule has 0 unspecified atom stereocenters. The summed E-state index contributed by atoms with van der Waals surface area (Å²) in [5.74, 6) is 0. The van der Waals surface area contributed by atoms with Gasteiger partial charge in [-0.2, -0.15) is 27.4 Å². The van der Waals surface area contributed by atoms with Crippen LogP contribution in [0, 0.1) is 166 Å². The van der Waals surface area contributed by atoms with Crippen molar-refractivity contribution in [2.24, 2.45) is 42.3 Å². The van der Waals surface area contributed by atoms with Crippen LogP contribution in [0.3, 0.4) is 0 Å². The van der Waals surface area contributed by atoms with E-state index in [1.165, 1.54) is 174 Å². The third kappa shape index (κ3) is 19.4. The molecule has 0 radical (unpaired) electrons. The van der Waals surface area contributed by atoms with Crippen molar-refractivity contribution in [1.82, 2.24) is 0 Å². The van der Waals surface area contributed by atoms with Gasteiger partial charge in [0, 0.05) is 140 Å². The fourth-order valence-corrected chi connectivity index (χ4v) is 13.9. The molecule has 0 N–H and O–H groups in total. The average molecular weight is 1360 g/mol. The smallest absolute Gasteiger partial charge is 0.199 e. The quantitative estimate of drug-likeness (QED) is 0.148. The lowest BCUT2D eigenvalue weighted by atomic mass is 9.96. The molecule has 6 nitrogen and oxygen atoms in total. The molecule has 0 spiro atoms. The molecular weight excluding hydrogens is 1240 g/mol. The third-order valence-electron chi connectivity index (χ3n) is 20.4. The van der Waals surface area contributed by atoms with Gasteiger partial charge < -0.3 is 0 Å². The van der Waals surface area contributed by atoms with Crippen LogP contribution in [0.2, 0.25) is 0 Å². The van der Waals surface area contributed by atoms with E-state index in [0.717, 1.165) is 22.4 Å². The van der Waals surface area contributed by atoms with Gasteiger partial charge in [-0.3, -0.25) is 0 Å². The second-order valence-corrected chi connectivity index (χ2v) is 29.1. The van der Waals surface area contributed by atoms with Crippen molar-refractivity contribution in [3.05, 3.63) is 316 Å². The van der Waals surface area contributed by atoms with Crippen LogP contribution >= 0.6 is 0 Å². The Morgan fingerprint density at radius 2 is 0.500 bits per heavy atom. The third-order valence-corrected chi connectivity index (χ3v) is 20.4. The van der Waals surface area contributed by atoms with E-state index in [1.54, 1.807) is 12.1 Å². The van der Waals surface area contributed by atoms with Crippen molar-refractivity contribution in [1.29, 1.82) is 0 Å². The summed E-state index contributed by atoms with van der Waals surface area (Å²) >= 11 is 0. The van der Waals surface area contributed by atoms with Crippen molar-refractivity contribution >= 4 is 0 Å². The first-order valence-corrected chi connectivity index (χ1v) is 36.0. The predicted octanol–water partition coefficient (Wildman–Crippen LogP) is 20.5. The summed E-state index contributed by atoms with van der Waals surface area (Å²) in [7, 11) is 12.7. The van der Waals surface area contributed by atoms with E-state index in [4.69, 9.17) is 4.11 Å². The van der Waals surface area contributed by atoms with E-state index in [2.05, 4.69) is 378 Å². The van der Waals surface area contributed by atoms with E-state index >= 15 is 0 Å². The summed E-state index contributed by atoms with van der Waals surface area (Å²) < 4.78 is 36.2. The van der Waals surface area contributed by atoms with Crippen LogP contribution in [0.25, 0.3) is 67.5 Å². The minimum atomic E-state index is -2.06. The molecule has 0 saturated heterocycles. The summed E-state index contributed by atoms with van der Waals surface area (Å²) in [6, 6.07) is 64.9. The molecule has 6 aromatic carbocycles. The fraction of sp³-hybridized carbons (Fsp3) is 0.312. The van der Waals surface area contributed by atoms with Gasteiger partial charge in [0.05, 0.1) is 11.1 Å². The molecule has 12 aromatic rings. The van der Waals surface area contributed by atoms with Crippen LogP contribution in [-0.4, -0.2) is 0 Å². The number of hydrogen-bond donors (Lipinski definition) is 0. The van der Waals surface area contributed by atoms with Gasteiger partial charge in [-0.05, 0) is 227 Å². The molecule has 12 rings (SSSR count). The average Bonchev–Trinajstić information content (AvgIpc) is 0.799. The summed E-state index contributed by atoms with van der Waals surface area (Å²) in [5, 5.41) is 0. The van der Waals surface area contributed by atoms with E-state index in [0.29, 0.717) is 5.56 Å². The normalized spacial score (nSPS) is 11.2. The van der Waals surface area contributed by atoms with Crippen LogP contribution in [0.4, 0.5) is 0 Å². The van der Waals surface area contributed by atoms with E-state index < -0.39 is 6.85 Å². The van der Waals surface area contributed by atoms with Crippen LogP contribution in [0.15, 0.2) is 182 Å². The molecule has 0 aliphatic rings. The fourth-order valence-electron chi connectivity index (χ4n) is 13.9. The first-order chi connectivity index (χ1) is 49.2. The molecule has 0 atom stereocenters. The zero-order chi connectivity index (χ0) is 78.0. The molecule has 0 fully saturated rings. The molecule has 6 heterocycles. The minimum absolute atomic E-state index is 0.410. The maximum atomic E-state index is 7.58. The van der Waals surface area contributed by atoms with Gasteiger partial charge in [-0.25, -0.2) is 0 Å². The molecule has 6 aromatic heterocycles. The molecule has 102 heavy (non-hydrogen) atoms. The second-order valence-electron chi connectivity index (χ2n) is 29.1. The van der Waals surface area contributed by atoms with E-state index in [1.807, 2.05) is 20.9 Å². The molecule has 528 valence electrons. The van der Waals surface area contributed by atoms with Gasteiger partial charge in [0.25, 0.3) is 0 Å². The van der Waals surface area contributed by atoms with Crippen molar-refractivity contribution in [3.8, 4) is 67.5 Å². The Bertz CT molecular complexity index is 4990. The second kappa shape index (κ2) is 34.7. The highest BCUT2D eigenvalue weighted by Gasteiger charge is 2.23. The molecule has 0 bridgehead atoms. The van der Waals surface area contributed by atoms with Gasteiger partial charge in [0.2, 0.25) is 34.2 Å². The zero-order valence-corrected chi connectivity index (χ0v) is 67.5. The van der Waals surface area contributed by atoms with Crippen molar-refractivity contribution in [2.75, 3.05) is 0 Å². The maximum absolute atomic E-state index is 7.58. The highest BCUT2D eigenvalue weighted by Crippen LogP contribution is 2.31. The molecule has 0 aliphatic heterocycles. The minimum Gasteiger partial charge on any atom is -0.199 e.